The van der Waals surface area contributed by atoms with Gasteiger partial charge in [0, 0.05) is 23.0 Å². The molecule has 0 atom stereocenters. The Morgan fingerprint density at radius 3 is 2.14 bits per heavy atom. The van der Waals surface area contributed by atoms with E-state index in [9.17, 15) is 0 Å². The van der Waals surface area contributed by atoms with Gasteiger partial charge in [-0.1, -0.05) is 78.9 Å². The van der Waals surface area contributed by atoms with E-state index in [2.05, 4.69) is 106 Å². The maximum Gasteiger partial charge on any atom is 0.0934 e. The van der Waals surface area contributed by atoms with Gasteiger partial charge >= 0.3 is 0 Å². The Morgan fingerprint density at radius 1 is 0.655 bits per heavy atom. The molecule has 0 aliphatic carbocycles. The van der Waals surface area contributed by atoms with Crippen molar-refractivity contribution in [2.75, 3.05) is 0 Å². The van der Waals surface area contributed by atoms with Gasteiger partial charge in [-0.05, 0) is 29.8 Å². The summed E-state index contributed by atoms with van der Waals surface area (Å²) in [5, 5.41) is 6.30. The predicted molar refractivity (Wildman–Crippen MR) is 118 cm³/mol. The Morgan fingerprint density at radius 2 is 1.34 bits per heavy atom. The van der Waals surface area contributed by atoms with Crippen LogP contribution in [0.2, 0.25) is 0 Å². The van der Waals surface area contributed by atoms with E-state index in [0.29, 0.717) is 0 Å². The van der Waals surface area contributed by atoms with E-state index < -0.39 is 0 Å². The second-order valence-corrected chi connectivity index (χ2v) is 7.35. The summed E-state index contributed by atoms with van der Waals surface area (Å²) in [7, 11) is 0. The zero-order valence-electron chi connectivity index (χ0n) is 15.9. The fourth-order valence-corrected chi connectivity index (χ4v) is 4.23. The van der Waals surface area contributed by atoms with E-state index >= 15 is 0 Å². The molecule has 0 saturated carbocycles. The lowest BCUT2D eigenvalue weighted by Crippen LogP contribution is -2.02. The number of para-hydroxylation sites is 1. The summed E-state index contributed by atoms with van der Waals surface area (Å²) < 4.78 is 4.49. The molecule has 3 heteroatoms. The van der Waals surface area contributed by atoms with Gasteiger partial charge in [0.2, 0.25) is 0 Å². The highest BCUT2D eigenvalue weighted by atomic mass is 15.3. The van der Waals surface area contributed by atoms with Crippen LogP contribution in [-0.4, -0.2) is 14.3 Å². The van der Waals surface area contributed by atoms with Crippen LogP contribution in [0.1, 0.15) is 5.56 Å². The zero-order valence-corrected chi connectivity index (χ0v) is 15.9. The highest BCUT2D eigenvalue weighted by Gasteiger charge is 2.22. The molecule has 0 saturated heterocycles. The number of aromatic nitrogens is 3. The lowest BCUT2D eigenvalue weighted by molar-refractivity contribution is 0.877. The van der Waals surface area contributed by atoms with Crippen molar-refractivity contribution in [1.82, 2.24) is 14.3 Å². The minimum absolute atomic E-state index is 0.817. The first-order valence-electron chi connectivity index (χ1n) is 9.88. The van der Waals surface area contributed by atoms with Crippen molar-refractivity contribution in [1.29, 1.82) is 0 Å². The highest BCUT2D eigenvalue weighted by molar-refractivity contribution is 5.89. The summed E-state index contributed by atoms with van der Waals surface area (Å²) in [6.45, 7) is 0.817. The van der Waals surface area contributed by atoms with Gasteiger partial charge in [-0.3, -0.25) is 0 Å². The molecule has 5 aromatic rings. The van der Waals surface area contributed by atoms with E-state index in [0.717, 1.165) is 29.2 Å². The van der Waals surface area contributed by atoms with Gasteiger partial charge in [0.15, 0.2) is 0 Å². The summed E-state index contributed by atoms with van der Waals surface area (Å²) in [5.41, 5.74) is 7.98. The molecule has 6 rings (SSSR count). The van der Waals surface area contributed by atoms with Crippen molar-refractivity contribution in [3.63, 3.8) is 0 Å². The third-order valence-corrected chi connectivity index (χ3v) is 5.62. The lowest BCUT2D eigenvalue weighted by atomic mass is 10.1. The topological polar surface area (TPSA) is 22.8 Å². The molecule has 0 amide bonds. The molecule has 0 N–H and O–H groups in total. The van der Waals surface area contributed by atoms with Crippen LogP contribution in [-0.2, 0) is 6.54 Å². The average molecular weight is 373 g/mol. The number of fused-ring (bicyclic) bond motifs is 5. The number of rotatable bonds is 2. The highest BCUT2D eigenvalue weighted by Crippen LogP contribution is 2.36. The molecule has 3 aromatic carbocycles. The van der Waals surface area contributed by atoms with Crippen LogP contribution in [0.3, 0.4) is 0 Å². The second-order valence-electron chi connectivity index (χ2n) is 7.35. The van der Waals surface area contributed by atoms with Crippen molar-refractivity contribution < 1.29 is 0 Å². The number of benzene rings is 3. The normalized spacial score (nSPS) is 12.9. The SMILES string of the molecule is C1=C(c2ccccc2)n2nc(-c3ccccc3)cc2-c2cc3ccccc3n2C1. The molecule has 3 heterocycles. The molecular weight excluding hydrogens is 354 g/mol. The Kier molecular flexibility index (Phi) is 3.53. The molecular formula is C26H19N3. The standard InChI is InChI=1S/C26H19N3/c1-3-9-19(10-4-1)22-18-26-25-17-21-13-7-8-14-23(21)28(25)16-15-24(29(26)27-22)20-11-5-2-6-12-20/h1-15,17-18H,16H2. The quantitative estimate of drug-likeness (QED) is 0.368. The van der Waals surface area contributed by atoms with Crippen molar-refractivity contribution in [2.45, 2.75) is 6.54 Å². The summed E-state index contributed by atoms with van der Waals surface area (Å²) >= 11 is 0. The molecule has 0 bridgehead atoms. The summed E-state index contributed by atoms with van der Waals surface area (Å²) in [5.74, 6) is 0. The van der Waals surface area contributed by atoms with Crippen LogP contribution in [0, 0.1) is 0 Å². The zero-order chi connectivity index (χ0) is 19.2. The van der Waals surface area contributed by atoms with Crippen LogP contribution < -0.4 is 0 Å². The van der Waals surface area contributed by atoms with Crippen LogP contribution in [0.15, 0.2) is 103 Å². The fourth-order valence-electron chi connectivity index (χ4n) is 4.23. The van der Waals surface area contributed by atoms with E-state index in [-0.39, 0.29) is 0 Å². The summed E-state index contributed by atoms with van der Waals surface area (Å²) in [6, 6.07) is 34.0. The van der Waals surface area contributed by atoms with Gasteiger partial charge < -0.3 is 4.57 Å². The molecule has 2 aromatic heterocycles. The third-order valence-electron chi connectivity index (χ3n) is 5.62. The molecule has 29 heavy (non-hydrogen) atoms. The fraction of sp³-hybridized carbons (Fsp3) is 0.0385. The van der Waals surface area contributed by atoms with E-state index in [1.54, 1.807) is 0 Å². The third kappa shape index (κ3) is 2.55. The summed E-state index contributed by atoms with van der Waals surface area (Å²) in [4.78, 5) is 0. The Labute approximate surface area is 169 Å². The maximum atomic E-state index is 5.04. The molecule has 0 spiro atoms. The number of allylic oxidation sites excluding steroid dienone is 1. The first kappa shape index (κ1) is 16.1. The number of hydrogen-bond donors (Lipinski definition) is 0. The Balaban J connectivity index is 1.64. The van der Waals surface area contributed by atoms with Gasteiger partial charge in [0.25, 0.3) is 0 Å². The van der Waals surface area contributed by atoms with E-state index in [1.807, 2.05) is 6.07 Å². The van der Waals surface area contributed by atoms with Crippen molar-refractivity contribution in [2.24, 2.45) is 0 Å². The van der Waals surface area contributed by atoms with Crippen LogP contribution in [0.25, 0.3) is 39.2 Å². The molecule has 0 unspecified atom stereocenters. The van der Waals surface area contributed by atoms with E-state index in [1.165, 1.54) is 22.2 Å². The summed E-state index contributed by atoms with van der Waals surface area (Å²) in [6.07, 6.45) is 2.28. The number of hydrogen-bond acceptors (Lipinski definition) is 1. The average Bonchev–Trinajstić information content (AvgIpc) is 3.34. The maximum absolute atomic E-state index is 5.04. The molecule has 0 fully saturated rings. The van der Waals surface area contributed by atoms with Crippen LogP contribution in [0.5, 0.6) is 0 Å². The largest absolute Gasteiger partial charge is 0.335 e. The second kappa shape index (κ2) is 6.35. The van der Waals surface area contributed by atoms with Gasteiger partial charge in [0.1, 0.15) is 0 Å². The smallest absolute Gasteiger partial charge is 0.0934 e. The Hall–Kier alpha value is -3.85. The van der Waals surface area contributed by atoms with E-state index in [4.69, 9.17) is 5.10 Å². The van der Waals surface area contributed by atoms with Crippen LogP contribution >= 0.6 is 0 Å². The molecule has 138 valence electrons. The van der Waals surface area contributed by atoms with Gasteiger partial charge in [-0.25, -0.2) is 4.68 Å². The lowest BCUT2D eigenvalue weighted by Gasteiger charge is -2.09. The first-order chi connectivity index (χ1) is 14.4. The Bertz CT molecular complexity index is 1360. The van der Waals surface area contributed by atoms with Gasteiger partial charge in [-0.15, -0.1) is 0 Å². The van der Waals surface area contributed by atoms with Crippen molar-refractivity contribution in [3.8, 4) is 22.6 Å². The van der Waals surface area contributed by atoms with Gasteiger partial charge in [-0.2, -0.15) is 5.10 Å². The number of nitrogens with zero attached hydrogens (tertiary/aromatic N) is 3. The minimum Gasteiger partial charge on any atom is -0.335 e. The van der Waals surface area contributed by atoms with Crippen molar-refractivity contribution >= 4 is 16.6 Å². The molecule has 3 nitrogen and oxygen atoms in total. The molecule has 1 aliphatic heterocycles. The molecule has 1 aliphatic rings. The van der Waals surface area contributed by atoms with Crippen LogP contribution in [0.4, 0.5) is 0 Å². The first-order valence-corrected chi connectivity index (χ1v) is 9.88. The van der Waals surface area contributed by atoms with Crippen molar-refractivity contribution in [3.05, 3.63) is 109 Å². The monoisotopic (exact) mass is 373 g/mol. The molecule has 0 radical (unpaired) electrons. The predicted octanol–water partition coefficient (Wildman–Crippen LogP) is 6.07. The minimum atomic E-state index is 0.817. The van der Waals surface area contributed by atoms with Gasteiger partial charge in [0.05, 0.1) is 22.8 Å².